The molecule has 10 nitrogen and oxygen atoms in total. The zero-order valence-electron chi connectivity index (χ0n) is 24.6. The number of phenols is 1. The Bertz CT molecular complexity index is 1470. The monoisotopic (exact) mass is 620 g/mol. The van der Waals surface area contributed by atoms with Gasteiger partial charge in [-0.25, -0.2) is 14.8 Å². The topological polar surface area (TPSA) is 99.7 Å². The van der Waals surface area contributed by atoms with Crippen molar-refractivity contribution in [3.63, 3.8) is 0 Å². The van der Waals surface area contributed by atoms with Gasteiger partial charge in [-0.3, -0.25) is 9.59 Å². The molecule has 11 heteroatoms. The highest BCUT2D eigenvalue weighted by Crippen LogP contribution is 2.31. The number of anilines is 1. The van der Waals surface area contributed by atoms with Gasteiger partial charge in [0, 0.05) is 40.2 Å². The largest absolute Gasteiger partial charge is 0.508 e. The molecule has 2 aliphatic heterocycles. The van der Waals surface area contributed by atoms with Crippen molar-refractivity contribution in [1.82, 2.24) is 25.1 Å². The Morgan fingerprint density at radius 1 is 1.00 bits per heavy atom. The molecule has 0 saturated carbocycles. The van der Waals surface area contributed by atoms with E-state index < -0.39 is 12.2 Å². The quantitative estimate of drug-likeness (QED) is 0.389. The number of carbonyl (C=O) groups is 3. The second kappa shape index (κ2) is 14.0. The van der Waals surface area contributed by atoms with Gasteiger partial charge in [0.1, 0.15) is 18.0 Å². The number of likely N-dealkylation sites (N-methyl/N-ethyl adjacent to an activating group) is 1. The molecule has 2 N–H and O–H groups in total. The third kappa shape index (κ3) is 6.92. The highest BCUT2D eigenvalue weighted by molar-refractivity contribution is 6.33. The first-order chi connectivity index (χ1) is 20.7. The summed E-state index contributed by atoms with van der Waals surface area (Å²) in [7, 11) is 3.81. The summed E-state index contributed by atoms with van der Waals surface area (Å²) in [6.07, 6.45) is -0.468. The molecular formula is C33H41ClN6O4. The summed E-state index contributed by atoms with van der Waals surface area (Å²) < 4.78 is 0. The molecule has 0 spiro atoms. The Balaban J connectivity index is 0.00000442. The fourth-order valence-corrected chi connectivity index (χ4v) is 6.02. The molecule has 0 unspecified atom stereocenters. The zero-order valence-corrected chi connectivity index (χ0v) is 25.4. The number of hydrogen-bond donors (Lipinski definition) is 2. The van der Waals surface area contributed by atoms with Gasteiger partial charge in [0.15, 0.2) is 0 Å². The van der Waals surface area contributed by atoms with Gasteiger partial charge in [-0.15, -0.1) is 0 Å². The average molecular weight is 621 g/mol. The molecule has 2 saturated heterocycles. The minimum atomic E-state index is -0.833. The fraction of sp³-hybridized carbons (Fsp3) is 0.364. The molecule has 0 bridgehead atoms. The minimum absolute atomic E-state index is 0. The van der Waals surface area contributed by atoms with E-state index in [0.29, 0.717) is 18.1 Å². The lowest BCUT2D eigenvalue weighted by Crippen LogP contribution is -2.76. The van der Waals surface area contributed by atoms with E-state index in [9.17, 15) is 19.5 Å². The number of phenolic OH excluding ortho intramolecular Hbond substituents is 1. The van der Waals surface area contributed by atoms with E-state index in [-0.39, 0.29) is 57.1 Å². The van der Waals surface area contributed by atoms with Crippen LogP contribution in [0.25, 0.3) is 0 Å². The summed E-state index contributed by atoms with van der Waals surface area (Å²) in [6.45, 7) is 3.07. The highest BCUT2D eigenvalue weighted by atomic mass is 35.5. The van der Waals surface area contributed by atoms with Crippen molar-refractivity contribution in [3.8, 4) is 5.75 Å². The molecule has 44 heavy (non-hydrogen) atoms. The normalized spacial score (nSPS) is 18.5. The predicted octanol–water partition coefficient (Wildman–Crippen LogP) is 4.32. The molecule has 2 fully saturated rings. The van der Waals surface area contributed by atoms with Crippen molar-refractivity contribution in [2.24, 2.45) is 0 Å². The molecule has 5 rings (SSSR count). The third-order valence-corrected chi connectivity index (χ3v) is 8.24. The summed E-state index contributed by atoms with van der Waals surface area (Å²) in [5.74, 6) is -0.294. The van der Waals surface area contributed by atoms with E-state index in [1.807, 2.05) is 74.4 Å². The number of hydrogen-bond acceptors (Lipinski definition) is 6. The number of halogens is 1. The van der Waals surface area contributed by atoms with Crippen molar-refractivity contribution >= 4 is 35.1 Å². The molecule has 3 aromatic carbocycles. The number of benzene rings is 3. The average Bonchev–Trinajstić information content (AvgIpc) is 3.00. The standard InChI is InChI=1S/C32H37ClN6O4.CH4/c1-4-37-21-30(41)38-28(16-22-10-13-25(40)14-11-22)31(42)36(19-24-12-15-26(33)27(17-24)35(2)3)20-29(38)39(37)32(43)34-18-23-8-6-5-7-9-23;/h5-15,17,28-29,40H,4,16,18-21H2,1-3H3,(H,34,43);1H4/t28-,29-;/m0./s1. The number of nitrogens with one attached hydrogen (secondary N) is 1. The van der Waals surface area contributed by atoms with Crippen LogP contribution in [0.3, 0.4) is 0 Å². The maximum absolute atomic E-state index is 14.1. The number of nitrogens with zero attached hydrogens (tertiary/aromatic N) is 5. The van der Waals surface area contributed by atoms with Gasteiger partial charge in [0.2, 0.25) is 11.8 Å². The lowest BCUT2D eigenvalue weighted by atomic mass is 9.98. The van der Waals surface area contributed by atoms with Crippen molar-refractivity contribution in [3.05, 3.63) is 94.5 Å². The van der Waals surface area contributed by atoms with E-state index in [0.717, 1.165) is 22.4 Å². The molecule has 0 aromatic heterocycles. The number of hydrazine groups is 1. The van der Waals surface area contributed by atoms with Crippen LogP contribution >= 0.6 is 11.6 Å². The number of urea groups is 1. The molecule has 2 aliphatic rings. The van der Waals surface area contributed by atoms with E-state index in [1.165, 1.54) is 0 Å². The van der Waals surface area contributed by atoms with Crippen LogP contribution in [0, 0.1) is 0 Å². The maximum atomic E-state index is 14.1. The first kappa shape index (κ1) is 32.6. The van der Waals surface area contributed by atoms with Crippen LogP contribution in [0.1, 0.15) is 31.0 Å². The van der Waals surface area contributed by atoms with Crippen molar-refractivity contribution < 1.29 is 19.5 Å². The number of carbonyl (C=O) groups excluding carboxylic acids is 3. The van der Waals surface area contributed by atoms with Crippen LogP contribution in [0.4, 0.5) is 10.5 Å². The molecular weight excluding hydrogens is 580 g/mol. The van der Waals surface area contributed by atoms with Crippen LogP contribution in [0.15, 0.2) is 72.8 Å². The first-order valence-electron chi connectivity index (χ1n) is 14.4. The Morgan fingerprint density at radius 3 is 2.34 bits per heavy atom. The van der Waals surface area contributed by atoms with Crippen LogP contribution in [-0.4, -0.2) is 88.7 Å². The molecule has 234 valence electrons. The number of aromatic hydroxyl groups is 1. The SMILES string of the molecule is C.CCN1CC(=O)N2[C@@H](Cc3ccc(O)cc3)C(=O)N(Cc3ccc(Cl)c(N(C)C)c3)C[C@@H]2N1C(=O)NCc1ccccc1. The maximum Gasteiger partial charge on any atom is 0.334 e. The van der Waals surface area contributed by atoms with Crippen molar-refractivity contribution in [2.75, 3.05) is 38.6 Å². The number of rotatable bonds is 8. The Hall–Kier alpha value is -4.28. The summed E-state index contributed by atoms with van der Waals surface area (Å²) in [6, 6.07) is 20.7. The molecule has 2 heterocycles. The summed E-state index contributed by atoms with van der Waals surface area (Å²) >= 11 is 6.41. The van der Waals surface area contributed by atoms with Crippen LogP contribution in [-0.2, 0) is 29.1 Å². The van der Waals surface area contributed by atoms with E-state index >= 15 is 0 Å². The molecule has 2 atom stereocenters. The Labute approximate surface area is 264 Å². The Kier molecular flexibility index (Phi) is 10.4. The van der Waals surface area contributed by atoms with Gasteiger partial charge < -0.3 is 25.1 Å². The second-order valence-electron chi connectivity index (χ2n) is 11.0. The summed E-state index contributed by atoms with van der Waals surface area (Å²) in [5, 5.41) is 16.8. The fourth-order valence-electron chi connectivity index (χ4n) is 5.74. The molecule has 4 amide bonds. The van der Waals surface area contributed by atoms with Gasteiger partial charge in [0.25, 0.3) is 0 Å². The van der Waals surface area contributed by atoms with E-state index in [2.05, 4.69) is 5.32 Å². The number of piperazine rings is 1. The van der Waals surface area contributed by atoms with Crippen LogP contribution in [0.5, 0.6) is 5.75 Å². The number of fused-ring (bicyclic) bond motifs is 1. The van der Waals surface area contributed by atoms with Crippen LogP contribution in [0.2, 0.25) is 5.02 Å². The van der Waals surface area contributed by atoms with Crippen LogP contribution < -0.4 is 10.2 Å². The summed E-state index contributed by atoms with van der Waals surface area (Å²) in [4.78, 5) is 46.8. The van der Waals surface area contributed by atoms with Gasteiger partial charge in [-0.2, -0.15) is 0 Å². The molecule has 0 radical (unpaired) electrons. The highest BCUT2D eigenvalue weighted by Gasteiger charge is 2.51. The lowest BCUT2D eigenvalue weighted by Gasteiger charge is -2.55. The van der Waals surface area contributed by atoms with Gasteiger partial charge in [-0.1, -0.05) is 74.5 Å². The zero-order chi connectivity index (χ0) is 30.7. The third-order valence-electron chi connectivity index (χ3n) is 7.92. The molecule has 3 aromatic rings. The lowest BCUT2D eigenvalue weighted by molar-refractivity contribution is -0.190. The smallest absolute Gasteiger partial charge is 0.334 e. The summed E-state index contributed by atoms with van der Waals surface area (Å²) in [5.41, 5.74) is 3.46. The first-order valence-corrected chi connectivity index (χ1v) is 14.7. The van der Waals surface area contributed by atoms with E-state index in [4.69, 9.17) is 11.6 Å². The van der Waals surface area contributed by atoms with Gasteiger partial charge in [0.05, 0.1) is 23.8 Å². The van der Waals surface area contributed by atoms with Gasteiger partial charge >= 0.3 is 6.03 Å². The Morgan fingerprint density at radius 2 is 1.68 bits per heavy atom. The van der Waals surface area contributed by atoms with Gasteiger partial charge in [-0.05, 0) is 41.0 Å². The van der Waals surface area contributed by atoms with Crippen molar-refractivity contribution in [1.29, 1.82) is 0 Å². The van der Waals surface area contributed by atoms with E-state index in [1.54, 1.807) is 44.1 Å². The second-order valence-corrected chi connectivity index (χ2v) is 11.4. The number of amides is 4. The minimum Gasteiger partial charge on any atom is -0.508 e. The van der Waals surface area contributed by atoms with Crippen molar-refractivity contribution in [2.45, 2.75) is 46.1 Å². The molecule has 0 aliphatic carbocycles. The predicted molar refractivity (Wildman–Crippen MR) is 172 cm³/mol.